The van der Waals surface area contributed by atoms with Crippen LogP contribution in [0.1, 0.15) is 44.8 Å². The molecule has 1 aromatic heterocycles. The van der Waals surface area contributed by atoms with Gasteiger partial charge < -0.3 is 15.0 Å². The van der Waals surface area contributed by atoms with E-state index in [-0.39, 0.29) is 5.56 Å². The third-order valence-electron chi connectivity index (χ3n) is 3.39. The van der Waals surface area contributed by atoms with Gasteiger partial charge in [0.25, 0.3) is 5.56 Å². The van der Waals surface area contributed by atoms with Gasteiger partial charge in [0.1, 0.15) is 12.1 Å². The normalized spacial score (nSPS) is 13.5. The van der Waals surface area contributed by atoms with E-state index in [1.165, 1.54) is 10.6 Å². The molecule has 2 N–H and O–H groups in total. The number of hydrogen-bond donors (Lipinski definition) is 2. The van der Waals surface area contributed by atoms with Crippen molar-refractivity contribution in [1.29, 1.82) is 0 Å². The van der Waals surface area contributed by atoms with Gasteiger partial charge in [-0.15, -0.1) is 0 Å². The SMILES string of the molecule is CCCC(C(=O)NC(CC)C(=O)O)n1c(C)cccc1=O. The van der Waals surface area contributed by atoms with Gasteiger partial charge in [0.15, 0.2) is 0 Å². The first kappa shape index (κ1) is 16.9. The topological polar surface area (TPSA) is 88.4 Å². The van der Waals surface area contributed by atoms with Crippen LogP contribution in [0, 0.1) is 6.92 Å². The summed E-state index contributed by atoms with van der Waals surface area (Å²) in [4.78, 5) is 35.4. The summed E-state index contributed by atoms with van der Waals surface area (Å²) in [6, 6.07) is 3.18. The van der Waals surface area contributed by atoms with Gasteiger partial charge in [-0.3, -0.25) is 9.59 Å². The number of carboxylic acids is 1. The molecule has 116 valence electrons. The molecule has 1 aromatic rings. The van der Waals surface area contributed by atoms with Crippen molar-refractivity contribution in [3.8, 4) is 0 Å². The van der Waals surface area contributed by atoms with Crippen LogP contribution in [0.4, 0.5) is 0 Å². The van der Waals surface area contributed by atoms with Crippen molar-refractivity contribution in [1.82, 2.24) is 9.88 Å². The summed E-state index contributed by atoms with van der Waals surface area (Å²) in [6.07, 6.45) is 1.48. The molecular formula is C15H22N2O4. The van der Waals surface area contributed by atoms with E-state index in [0.717, 1.165) is 0 Å². The monoisotopic (exact) mass is 294 g/mol. The minimum absolute atomic E-state index is 0.257. The number of rotatable bonds is 7. The molecule has 0 fully saturated rings. The molecule has 0 aromatic carbocycles. The van der Waals surface area contributed by atoms with Crippen molar-refractivity contribution in [3.05, 3.63) is 34.2 Å². The summed E-state index contributed by atoms with van der Waals surface area (Å²) < 4.78 is 1.42. The first-order valence-electron chi connectivity index (χ1n) is 7.13. The van der Waals surface area contributed by atoms with Gasteiger partial charge in [0.2, 0.25) is 5.91 Å². The zero-order valence-corrected chi connectivity index (χ0v) is 12.6. The molecule has 0 radical (unpaired) electrons. The number of aryl methyl sites for hydroxylation is 1. The molecule has 0 aliphatic rings. The van der Waals surface area contributed by atoms with E-state index in [4.69, 9.17) is 5.11 Å². The summed E-state index contributed by atoms with van der Waals surface area (Å²) in [5, 5.41) is 11.5. The van der Waals surface area contributed by atoms with E-state index >= 15 is 0 Å². The van der Waals surface area contributed by atoms with Crippen molar-refractivity contribution in [3.63, 3.8) is 0 Å². The summed E-state index contributed by atoms with van der Waals surface area (Å²) in [7, 11) is 0. The summed E-state index contributed by atoms with van der Waals surface area (Å²) in [6.45, 7) is 5.36. The molecule has 1 rings (SSSR count). The number of pyridine rings is 1. The van der Waals surface area contributed by atoms with E-state index in [9.17, 15) is 14.4 Å². The fraction of sp³-hybridized carbons (Fsp3) is 0.533. The van der Waals surface area contributed by atoms with Crippen LogP contribution < -0.4 is 10.9 Å². The van der Waals surface area contributed by atoms with E-state index in [2.05, 4.69) is 5.32 Å². The predicted molar refractivity (Wildman–Crippen MR) is 79.2 cm³/mol. The van der Waals surface area contributed by atoms with Crippen LogP contribution in [-0.2, 0) is 9.59 Å². The highest BCUT2D eigenvalue weighted by Gasteiger charge is 2.26. The van der Waals surface area contributed by atoms with Crippen LogP contribution in [-0.4, -0.2) is 27.6 Å². The Labute approximate surface area is 123 Å². The van der Waals surface area contributed by atoms with Crippen LogP contribution in [0.2, 0.25) is 0 Å². The standard InChI is InChI=1S/C15H22N2O4/c1-4-7-12(14(19)16-11(5-2)15(20)21)17-10(3)8-6-9-13(17)18/h6,8-9,11-12H,4-5,7H2,1-3H3,(H,16,19)(H,20,21). The van der Waals surface area contributed by atoms with E-state index in [1.54, 1.807) is 26.0 Å². The second-order valence-corrected chi connectivity index (χ2v) is 4.99. The molecule has 0 saturated heterocycles. The maximum Gasteiger partial charge on any atom is 0.326 e. The molecule has 6 nitrogen and oxygen atoms in total. The zero-order valence-electron chi connectivity index (χ0n) is 12.6. The number of hydrogen-bond acceptors (Lipinski definition) is 3. The van der Waals surface area contributed by atoms with E-state index in [1.807, 2.05) is 6.92 Å². The summed E-state index contributed by atoms with van der Waals surface area (Å²) in [5.74, 6) is -1.50. The Morgan fingerprint density at radius 1 is 1.33 bits per heavy atom. The van der Waals surface area contributed by atoms with Gasteiger partial charge >= 0.3 is 5.97 Å². The van der Waals surface area contributed by atoms with Gasteiger partial charge in [-0.05, 0) is 25.8 Å². The van der Waals surface area contributed by atoms with Crippen molar-refractivity contribution in [2.75, 3.05) is 0 Å². The Balaban J connectivity index is 3.09. The van der Waals surface area contributed by atoms with Crippen molar-refractivity contribution < 1.29 is 14.7 Å². The van der Waals surface area contributed by atoms with Crippen LogP contribution >= 0.6 is 0 Å². The van der Waals surface area contributed by atoms with E-state index in [0.29, 0.717) is 25.0 Å². The molecule has 0 bridgehead atoms. The highest BCUT2D eigenvalue weighted by Crippen LogP contribution is 2.15. The quantitative estimate of drug-likeness (QED) is 0.797. The second-order valence-electron chi connectivity index (χ2n) is 4.99. The number of carboxylic acid groups (broad SMARTS) is 1. The molecule has 2 atom stereocenters. The van der Waals surface area contributed by atoms with Gasteiger partial charge in [0, 0.05) is 11.8 Å². The lowest BCUT2D eigenvalue weighted by molar-refractivity contribution is -0.142. The average molecular weight is 294 g/mol. The number of aliphatic carboxylic acids is 1. The second kappa shape index (κ2) is 7.61. The zero-order chi connectivity index (χ0) is 16.0. The van der Waals surface area contributed by atoms with Crippen LogP contribution in [0.25, 0.3) is 0 Å². The molecule has 21 heavy (non-hydrogen) atoms. The van der Waals surface area contributed by atoms with E-state index < -0.39 is 24.0 Å². The lowest BCUT2D eigenvalue weighted by Gasteiger charge is -2.23. The lowest BCUT2D eigenvalue weighted by atomic mass is 10.1. The first-order valence-corrected chi connectivity index (χ1v) is 7.13. The van der Waals surface area contributed by atoms with Crippen molar-refractivity contribution >= 4 is 11.9 Å². The van der Waals surface area contributed by atoms with Crippen molar-refractivity contribution in [2.45, 2.75) is 52.1 Å². The highest BCUT2D eigenvalue weighted by molar-refractivity contribution is 5.86. The molecule has 0 aliphatic carbocycles. The Kier molecular flexibility index (Phi) is 6.14. The number of carbonyl (C=O) groups excluding carboxylic acids is 1. The predicted octanol–water partition coefficient (Wildman–Crippen LogP) is 1.48. The van der Waals surface area contributed by atoms with Crippen LogP contribution in [0.15, 0.2) is 23.0 Å². The van der Waals surface area contributed by atoms with Gasteiger partial charge in [-0.25, -0.2) is 4.79 Å². The number of amides is 1. The van der Waals surface area contributed by atoms with Gasteiger partial charge in [-0.2, -0.15) is 0 Å². The maximum atomic E-state index is 12.4. The Bertz CT molecular complexity index is 565. The third kappa shape index (κ3) is 4.18. The van der Waals surface area contributed by atoms with Crippen molar-refractivity contribution in [2.24, 2.45) is 0 Å². The largest absolute Gasteiger partial charge is 0.480 e. The van der Waals surface area contributed by atoms with Crippen LogP contribution in [0.3, 0.4) is 0 Å². The number of nitrogens with zero attached hydrogens (tertiary/aromatic N) is 1. The number of aromatic nitrogens is 1. The Hall–Kier alpha value is -2.11. The number of nitrogens with one attached hydrogen (secondary N) is 1. The van der Waals surface area contributed by atoms with Gasteiger partial charge in [0.05, 0.1) is 0 Å². The molecule has 6 heteroatoms. The minimum Gasteiger partial charge on any atom is -0.480 e. The molecule has 0 aliphatic heterocycles. The molecular weight excluding hydrogens is 272 g/mol. The Morgan fingerprint density at radius 3 is 2.48 bits per heavy atom. The third-order valence-corrected chi connectivity index (χ3v) is 3.39. The van der Waals surface area contributed by atoms with Crippen LogP contribution in [0.5, 0.6) is 0 Å². The molecule has 1 heterocycles. The molecule has 0 spiro atoms. The Morgan fingerprint density at radius 2 is 2.00 bits per heavy atom. The molecule has 0 saturated carbocycles. The maximum absolute atomic E-state index is 12.4. The minimum atomic E-state index is -1.07. The smallest absolute Gasteiger partial charge is 0.326 e. The first-order chi connectivity index (χ1) is 9.92. The summed E-state index contributed by atoms with van der Waals surface area (Å²) in [5.41, 5.74) is 0.423. The summed E-state index contributed by atoms with van der Waals surface area (Å²) >= 11 is 0. The average Bonchev–Trinajstić information content (AvgIpc) is 2.42. The molecule has 2 unspecified atom stereocenters. The highest BCUT2D eigenvalue weighted by atomic mass is 16.4. The number of carbonyl (C=O) groups is 2. The molecule has 1 amide bonds. The lowest BCUT2D eigenvalue weighted by Crippen LogP contribution is -2.45. The fourth-order valence-electron chi connectivity index (χ4n) is 2.26. The fourth-order valence-corrected chi connectivity index (χ4v) is 2.26. The van der Waals surface area contributed by atoms with Gasteiger partial charge in [-0.1, -0.05) is 26.3 Å².